The van der Waals surface area contributed by atoms with Crippen LogP contribution < -0.4 is 5.32 Å². The Bertz CT molecular complexity index is 733. The first kappa shape index (κ1) is 22.0. The fourth-order valence-corrected chi connectivity index (χ4v) is 2.38. The highest BCUT2D eigenvalue weighted by Crippen LogP contribution is 2.38. The molecule has 1 aromatic rings. The number of nitrogens with zero attached hydrogens (tertiary/aromatic N) is 1. The molecule has 26 heavy (non-hydrogen) atoms. The van der Waals surface area contributed by atoms with Gasteiger partial charge in [-0.1, -0.05) is 0 Å². The molecule has 0 radical (unpaired) electrons. The van der Waals surface area contributed by atoms with E-state index >= 15 is 0 Å². The summed E-state index contributed by atoms with van der Waals surface area (Å²) in [5, 5.41) is 31.0. The number of phosphoric ester groups is 1. The van der Waals surface area contributed by atoms with Crippen molar-refractivity contribution in [1.82, 2.24) is 10.3 Å². The molecule has 0 bridgehead atoms. The SMILES string of the molecule is Cc1ncc(COP(=O)(O)O)c(CNC(C)(CCC(=O)O)C(=O)O)c1O. The number of phosphoric acid groups is 1. The van der Waals surface area contributed by atoms with Gasteiger partial charge in [0.1, 0.15) is 11.3 Å². The number of carboxylic acids is 2. The van der Waals surface area contributed by atoms with Gasteiger partial charge in [0.2, 0.25) is 0 Å². The first-order valence-corrected chi connectivity index (χ1v) is 8.95. The lowest BCUT2D eigenvalue weighted by Gasteiger charge is -2.26. The number of aliphatic carboxylic acids is 2. The maximum Gasteiger partial charge on any atom is 0.469 e. The number of aromatic nitrogens is 1. The first-order chi connectivity index (χ1) is 11.9. The van der Waals surface area contributed by atoms with E-state index in [1.54, 1.807) is 0 Å². The molecule has 1 rings (SSSR count). The molecule has 12 heteroatoms. The number of carboxylic acid groups (broad SMARTS) is 2. The predicted octanol–water partition coefficient (Wildman–Crippen LogP) is 0.503. The van der Waals surface area contributed by atoms with E-state index in [4.69, 9.17) is 14.9 Å². The van der Waals surface area contributed by atoms with Crippen molar-refractivity contribution in [2.24, 2.45) is 0 Å². The molecule has 11 nitrogen and oxygen atoms in total. The molecule has 0 aliphatic rings. The van der Waals surface area contributed by atoms with Crippen LogP contribution in [0.25, 0.3) is 0 Å². The van der Waals surface area contributed by atoms with Crippen molar-refractivity contribution in [2.45, 2.75) is 45.4 Å². The monoisotopic (exact) mass is 392 g/mol. The quantitative estimate of drug-likeness (QED) is 0.304. The van der Waals surface area contributed by atoms with Crippen LogP contribution in [-0.2, 0) is 31.8 Å². The molecule has 0 amide bonds. The average Bonchev–Trinajstić information content (AvgIpc) is 2.52. The molecule has 1 heterocycles. The van der Waals surface area contributed by atoms with Crippen molar-refractivity contribution in [2.75, 3.05) is 0 Å². The normalized spacial score (nSPS) is 14.0. The second kappa shape index (κ2) is 8.56. The number of rotatable bonds is 10. The van der Waals surface area contributed by atoms with Gasteiger partial charge in [-0.3, -0.25) is 24.4 Å². The molecule has 0 saturated heterocycles. The lowest BCUT2D eigenvalue weighted by atomic mass is 9.95. The topological polar surface area (TPSA) is 187 Å². The second-order valence-corrected chi connectivity index (χ2v) is 7.08. The van der Waals surface area contributed by atoms with Gasteiger partial charge in [-0.2, -0.15) is 0 Å². The van der Waals surface area contributed by atoms with Gasteiger partial charge in [-0.25, -0.2) is 4.57 Å². The molecule has 6 N–H and O–H groups in total. The average molecular weight is 392 g/mol. The summed E-state index contributed by atoms with van der Waals surface area (Å²) in [5.41, 5.74) is -1.07. The van der Waals surface area contributed by atoms with Crippen molar-refractivity contribution in [3.8, 4) is 5.75 Å². The van der Waals surface area contributed by atoms with E-state index in [1.165, 1.54) is 20.0 Å². The van der Waals surface area contributed by atoms with Crippen molar-refractivity contribution in [3.05, 3.63) is 23.0 Å². The summed E-state index contributed by atoms with van der Waals surface area (Å²) in [6, 6.07) is 0. The molecule has 1 unspecified atom stereocenters. The maximum absolute atomic E-state index is 11.5. The molecule has 1 aromatic heterocycles. The molecule has 0 aliphatic heterocycles. The van der Waals surface area contributed by atoms with E-state index in [2.05, 4.69) is 14.8 Å². The largest absolute Gasteiger partial charge is 0.506 e. The first-order valence-electron chi connectivity index (χ1n) is 7.42. The minimum Gasteiger partial charge on any atom is -0.506 e. The summed E-state index contributed by atoms with van der Waals surface area (Å²) >= 11 is 0. The van der Waals surface area contributed by atoms with Crippen LogP contribution in [0.3, 0.4) is 0 Å². The van der Waals surface area contributed by atoms with Gasteiger partial charge < -0.3 is 25.1 Å². The van der Waals surface area contributed by atoms with Crippen LogP contribution in [0.5, 0.6) is 5.75 Å². The van der Waals surface area contributed by atoms with Crippen LogP contribution in [0.15, 0.2) is 6.20 Å². The molecular weight excluding hydrogens is 371 g/mol. The fourth-order valence-electron chi connectivity index (χ4n) is 2.07. The fraction of sp³-hybridized carbons (Fsp3) is 0.500. The van der Waals surface area contributed by atoms with Gasteiger partial charge in [0.25, 0.3) is 0 Å². The van der Waals surface area contributed by atoms with E-state index < -0.39 is 31.9 Å². The standard InChI is InChI=1S/C14H21N2O9P/c1-8-12(19)10(9(5-15-8)7-25-26(22,23)24)6-16-14(2,13(20)21)4-3-11(17)18/h5,16,19H,3-4,6-7H2,1-2H3,(H,17,18)(H,20,21)(H2,22,23,24). The second-order valence-electron chi connectivity index (χ2n) is 5.84. The number of aryl methyl sites for hydroxylation is 1. The van der Waals surface area contributed by atoms with Gasteiger partial charge in [0.05, 0.1) is 12.3 Å². The van der Waals surface area contributed by atoms with Crippen molar-refractivity contribution < 1.29 is 43.8 Å². The van der Waals surface area contributed by atoms with E-state index in [0.717, 1.165) is 0 Å². The van der Waals surface area contributed by atoms with Gasteiger partial charge in [0, 0.05) is 30.3 Å². The summed E-state index contributed by atoms with van der Waals surface area (Å²) in [7, 11) is -4.76. The van der Waals surface area contributed by atoms with Gasteiger partial charge in [-0.15, -0.1) is 0 Å². The number of pyridine rings is 1. The van der Waals surface area contributed by atoms with Crippen LogP contribution in [0, 0.1) is 6.92 Å². The van der Waals surface area contributed by atoms with Gasteiger partial charge in [0.15, 0.2) is 0 Å². The number of carbonyl (C=O) groups is 2. The zero-order valence-electron chi connectivity index (χ0n) is 14.2. The van der Waals surface area contributed by atoms with E-state index in [0.29, 0.717) is 0 Å². The maximum atomic E-state index is 11.5. The Labute approximate surface area is 148 Å². The summed E-state index contributed by atoms with van der Waals surface area (Å²) < 4.78 is 15.3. The van der Waals surface area contributed by atoms with E-state index in [1.807, 2.05) is 0 Å². The third-order valence-corrected chi connectivity index (χ3v) is 4.25. The summed E-state index contributed by atoms with van der Waals surface area (Å²) in [5.74, 6) is -2.72. The third kappa shape index (κ3) is 6.36. The minimum absolute atomic E-state index is 0.147. The predicted molar refractivity (Wildman–Crippen MR) is 87.2 cm³/mol. The third-order valence-electron chi connectivity index (χ3n) is 3.78. The van der Waals surface area contributed by atoms with Crippen LogP contribution >= 0.6 is 7.82 Å². The molecular formula is C14H21N2O9P. The molecule has 0 fully saturated rings. The lowest BCUT2D eigenvalue weighted by molar-refractivity contribution is -0.145. The summed E-state index contributed by atoms with van der Waals surface area (Å²) in [6.07, 6.45) is 0.652. The van der Waals surface area contributed by atoms with Gasteiger partial charge >= 0.3 is 19.8 Å². The van der Waals surface area contributed by atoms with E-state index in [9.17, 15) is 24.4 Å². The highest BCUT2D eigenvalue weighted by Gasteiger charge is 2.33. The van der Waals surface area contributed by atoms with Crippen LogP contribution in [0.1, 0.15) is 36.6 Å². The molecule has 0 aliphatic carbocycles. The van der Waals surface area contributed by atoms with Crippen molar-refractivity contribution in [3.63, 3.8) is 0 Å². The number of hydrogen-bond donors (Lipinski definition) is 6. The number of hydrogen-bond acceptors (Lipinski definition) is 7. The highest BCUT2D eigenvalue weighted by molar-refractivity contribution is 7.46. The van der Waals surface area contributed by atoms with Gasteiger partial charge in [-0.05, 0) is 20.3 Å². The molecule has 0 saturated carbocycles. The Balaban J connectivity index is 3.05. The number of nitrogens with one attached hydrogen (secondary N) is 1. The van der Waals surface area contributed by atoms with Crippen LogP contribution in [0.4, 0.5) is 0 Å². The highest BCUT2D eigenvalue weighted by atomic mass is 31.2. The van der Waals surface area contributed by atoms with Crippen LogP contribution in [0.2, 0.25) is 0 Å². The number of aromatic hydroxyl groups is 1. The van der Waals surface area contributed by atoms with Crippen LogP contribution in [-0.4, -0.2) is 47.6 Å². The zero-order valence-corrected chi connectivity index (χ0v) is 15.1. The Morgan fingerprint density at radius 2 is 1.96 bits per heavy atom. The molecule has 0 aromatic carbocycles. The molecule has 146 valence electrons. The molecule has 1 atom stereocenters. The summed E-state index contributed by atoms with van der Waals surface area (Å²) in [6.45, 7) is 2.03. The Kier molecular flexibility index (Phi) is 7.25. The van der Waals surface area contributed by atoms with Crippen molar-refractivity contribution >= 4 is 19.8 Å². The Morgan fingerprint density at radius 3 is 2.46 bits per heavy atom. The zero-order chi connectivity index (χ0) is 20.1. The minimum atomic E-state index is -4.76. The van der Waals surface area contributed by atoms with E-state index in [-0.39, 0.29) is 42.0 Å². The Hall–Kier alpha value is -2.04. The Morgan fingerprint density at radius 1 is 1.35 bits per heavy atom. The molecule has 0 spiro atoms. The summed E-state index contributed by atoms with van der Waals surface area (Å²) in [4.78, 5) is 43.7. The smallest absolute Gasteiger partial charge is 0.469 e. The van der Waals surface area contributed by atoms with Crippen molar-refractivity contribution in [1.29, 1.82) is 0 Å². The lowest BCUT2D eigenvalue weighted by Crippen LogP contribution is -2.49.